The van der Waals surface area contributed by atoms with E-state index < -0.39 is 0 Å². The van der Waals surface area contributed by atoms with Crippen LogP contribution in [0.5, 0.6) is 11.5 Å². The number of benzene rings is 2. The molecule has 0 spiro atoms. The van der Waals surface area contributed by atoms with Gasteiger partial charge in [0.1, 0.15) is 5.01 Å². The first-order valence-corrected chi connectivity index (χ1v) is 8.37. The van der Waals surface area contributed by atoms with Gasteiger partial charge in [0, 0.05) is 0 Å². The van der Waals surface area contributed by atoms with Crippen LogP contribution < -0.4 is 4.74 Å². The van der Waals surface area contributed by atoms with Crippen molar-refractivity contribution in [1.29, 1.82) is 0 Å². The molecule has 4 heteroatoms. The fourth-order valence-corrected chi connectivity index (χ4v) is 3.47. The van der Waals surface area contributed by atoms with E-state index in [1.54, 1.807) is 30.6 Å². The van der Waals surface area contributed by atoms with Crippen molar-refractivity contribution in [3.05, 3.63) is 52.0 Å². The van der Waals surface area contributed by atoms with E-state index in [0.717, 1.165) is 22.5 Å². The third kappa shape index (κ3) is 3.22. The van der Waals surface area contributed by atoms with Crippen molar-refractivity contribution < 1.29 is 9.84 Å². The van der Waals surface area contributed by atoms with Gasteiger partial charge in [-0.15, -0.1) is 11.3 Å². The minimum atomic E-state index is 0.146. The Morgan fingerprint density at radius 1 is 1.22 bits per heavy atom. The molecule has 0 atom stereocenters. The standard InChI is InChI=1S/C19H19NO2S/c1-4-14-11-18-15(9-12(14)2)20-19(23-18)8-6-13-5-7-16(21)17(10-13)22-3/h5-11,21H,4H2,1-3H3/b8-6+. The van der Waals surface area contributed by atoms with Crippen LogP contribution in [0.1, 0.15) is 28.6 Å². The van der Waals surface area contributed by atoms with Crippen LogP contribution in [0, 0.1) is 6.92 Å². The lowest BCUT2D eigenvalue weighted by Crippen LogP contribution is -1.85. The molecule has 2 aromatic carbocycles. The molecule has 0 aliphatic heterocycles. The molecule has 3 aromatic rings. The first-order valence-electron chi connectivity index (χ1n) is 7.56. The SMILES string of the molecule is CCc1cc2sc(/C=C/c3ccc(O)c(OC)c3)nc2cc1C. The lowest BCUT2D eigenvalue weighted by Gasteiger charge is -2.03. The summed E-state index contributed by atoms with van der Waals surface area (Å²) in [6, 6.07) is 9.68. The van der Waals surface area contributed by atoms with Crippen LogP contribution in [-0.4, -0.2) is 17.2 Å². The smallest absolute Gasteiger partial charge is 0.161 e. The Labute approximate surface area is 139 Å². The number of ether oxygens (including phenoxy) is 1. The second kappa shape index (κ2) is 6.42. The van der Waals surface area contributed by atoms with Gasteiger partial charge in [0.25, 0.3) is 0 Å². The van der Waals surface area contributed by atoms with Gasteiger partial charge >= 0.3 is 0 Å². The highest BCUT2D eigenvalue weighted by Gasteiger charge is 2.05. The van der Waals surface area contributed by atoms with Crippen LogP contribution in [0.2, 0.25) is 0 Å². The largest absolute Gasteiger partial charge is 0.504 e. The maximum atomic E-state index is 9.63. The third-order valence-corrected chi connectivity index (χ3v) is 4.85. The van der Waals surface area contributed by atoms with Crippen LogP contribution in [0.4, 0.5) is 0 Å². The molecule has 1 heterocycles. The summed E-state index contributed by atoms with van der Waals surface area (Å²) in [5, 5.41) is 10.6. The first kappa shape index (κ1) is 15.6. The summed E-state index contributed by atoms with van der Waals surface area (Å²) >= 11 is 1.69. The van der Waals surface area contributed by atoms with Crippen molar-refractivity contribution >= 4 is 33.7 Å². The number of hydrogen-bond acceptors (Lipinski definition) is 4. The van der Waals surface area contributed by atoms with E-state index in [1.165, 1.54) is 15.8 Å². The summed E-state index contributed by atoms with van der Waals surface area (Å²) in [4.78, 5) is 4.68. The summed E-state index contributed by atoms with van der Waals surface area (Å²) in [6.45, 7) is 4.31. The molecule has 0 unspecified atom stereocenters. The minimum absolute atomic E-state index is 0.146. The number of aromatic nitrogens is 1. The number of aryl methyl sites for hydroxylation is 2. The van der Waals surface area contributed by atoms with Crippen molar-refractivity contribution in [2.24, 2.45) is 0 Å². The number of hydrogen-bond donors (Lipinski definition) is 1. The van der Waals surface area contributed by atoms with Crippen LogP contribution in [0.25, 0.3) is 22.4 Å². The monoisotopic (exact) mass is 325 g/mol. The molecule has 0 bridgehead atoms. The fraction of sp³-hybridized carbons (Fsp3) is 0.211. The van der Waals surface area contributed by atoms with E-state index in [4.69, 9.17) is 4.74 Å². The fourth-order valence-electron chi connectivity index (χ4n) is 2.56. The van der Waals surface area contributed by atoms with Crippen LogP contribution in [-0.2, 0) is 6.42 Å². The van der Waals surface area contributed by atoms with Crippen LogP contribution in [0.3, 0.4) is 0 Å². The summed E-state index contributed by atoms with van der Waals surface area (Å²) < 4.78 is 6.35. The molecule has 0 fully saturated rings. The molecule has 0 amide bonds. The maximum absolute atomic E-state index is 9.63. The summed E-state index contributed by atoms with van der Waals surface area (Å²) in [6.07, 6.45) is 5.02. The number of thiazole rings is 1. The average molecular weight is 325 g/mol. The van der Waals surface area contributed by atoms with Gasteiger partial charge in [-0.1, -0.05) is 19.1 Å². The van der Waals surface area contributed by atoms with Crippen molar-refractivity contribution in [2.45, 2.75) is 20.3 Å². The second-order valence-corrected chi connectivity index (χ2v) is 6.48. The Morgan fingerprint density at radius 2 is 2.04 bits per heavy atom. The molecule has 0 saturated carbocycles. The van der Waals surface area contributed by atoms with Crippen LogP contribution in [0.15, 0.2) is 30.3 Å². The Bertz CT molecular complexity index is 880. The Hall–Kier alpha value is -2.33. The highest BCUT2D eigenvalue weighted by atomic mass is 32.1. The predicted molar refractivity (Wildman–Crippen MR) is 97.3 cm³/mol. The maximum Gasteiger partial charge on any atom is 0.161 e. The zero-order valence-electron chi connectivity index (χ0n) is 13.5. The van der Waals surface area contributed by atoms with Gasteiger partial charge in [0.2, 0.25) is 0 Å². The molecule has 23 heavy (non-hydrogen) atoms. The molecule has 0 saturated heterocycles. The quantitative estimate of drug-likeness (QED) is 0.729. The molecule has 0 radical (unpaired) electrons. The Kier molecular flexibility index (Phi) is 4.35. The van der Waals surface area contributed by atoms with Crippen molar-refractivity contribution in [3.63, 3.8) is 0 Å². The van der Waals surface area contributed by atoms with Gasteiger partial charge in [-0.2, -0.15) is 0 Å². The number of nitrogens with zero attached hydrogens (tertiary/aromatic N) is 1. The molecule has 0 aliphatic rings. The second-order valence-electron chi connectivity index (χ2n) is 5.42. The van der Waals surface area contributed by atoms with Crippen molar-refractivity contribution in [1.82, 2.24) is 4.98 Å². The highest BCUT2D eigenvalue weighted by Crippen LogP contribution is 2.29. The van der Waals surface area contributed by atoms with Gasteiger partial charge in [0.05, 0.1) is 17.3 Å². The molecule has 3 nitrogen and oxygen atoms in total. The lowest BCUT2D eigenvalue weighted by atomic mass is 10.1. The zero-order chi connectivity index (χ0) is 16.4. The van der Waals surface area contributed by atoms with Gasteiger partial charge in [0.15, 0.2) is 11.5 Å². The molecule has 3 rings (SSSR count). The Balaban J connectivity index is 1.92. The van der Waals surface area contributed by atoms with E-state index in [1.807, 2.05) is 18.2 Å². The van der Waals surface area contributed by atoms with E-state index in [-0.39, 0.29) is 5.75 Å². The molecular weight excluding hydrogens is 306 g/mol. The average Bonchev–Trinajstić information content (AvgIpc) is 2.94. The molecule has 1 N–H and O–H groups in total. The number of rotatable bonds is 4. The molecule has 118 valence electrons. The van der Waals surface area contributed by atoms with Gasteiger partial charge in [-0.3, -0.25) is 0 Å². The lowest BCUT2D eigenvalue weighted by molar-refractivity contribution is 0.373. The predicted octanol–water partition coefficient (Wildman–Crippen LogP) is 5.05. The van der Waals surface area contributed by atoms with E-state index >= 15 is 0 Å². The Morgan fingerprint density at radius 3 is 2.78 bits per heavy atom. The van der Waals surface area contributed by atoms with Crippen molar-refractivity contribution in [3.8, 4) is 11.5 Å². The van der Waals surface area contributed by atoms with E-state index in [9.17, 15) is 5.11 Å². The summed E-state index contributed by atoms with van der Waals surface area (Å²) in [7, 11) is 1.55. The van der Waals surface area contributed by atoms with E-state index in [0.29, 0.717) is 5.75 Å². The van der Waals surface area contributed by atoms with Gasteiger partial charge in [-0.05, 0) is 60.4 Å². The molecule has 0 aliphatic carbocycles. The normalized spacial score (nSPS) is 11.4. The number of fused-ring (bicyclic) bond motifs is 1. The van der Waals surface area contributed by atoms with Crippen LogP contribution >= 0.6 is 11.3 Å². The zero-order valence-corrected chi connectivity index (χ0v) is 14.3. The topological polar surface area (TPSA) is 42.4 Å². The first-order chi connectivity index (χ1) is 11.1. The number of methoxy groups -OCH3 is 1. The van der Waals surface area contributed by atoms with Gasteiger partial charge < -0.3 is 9.84 Å². The van der Waals surface area contributed by atoms with Gasteiger partial charge in [-0.25, -0.2) is 4.98 Å². The third-order valence-electron chi connectivity index (χ3n) is 3.87. The minimum Gasteiger partial charge on any atom is -0.504 e. The molecule has 1 aromatic heterocycles. The summed E-state index contributed by atoms with van der Waals surface area (Å²) in [5.74, 6) is 0.617. The highest BCUT2D eigenvalue weighted by molar-refractivity contribution is 7.19. The summed E-state index contributed by atoms with van der Waals surface area (Å²) in [5.41, 5.74) is 4.68. The van der Waals surface area contributed by atoms with E-state index in [2.05, 4.69) is 31.0 Å². The number of aromatic hydroxyl groups is 1. The number of phenols is 1. The molecular formula is C19H19NO2S. The number of phenolic OH excluding ortho intramolecular Hbond substituents is 1. The van der Waals surface area contributed by atoms with Crippen molar-refractivity contribution in [2.75, 3.05) is 7.11 Å².